The Morgan fingerprint density at radius 3 is 2.59 bits per heavy atom. The molecular weight excluding hydrogens is 364 g/mol. The van der Waals surface area contributed by atoms with Gasteiger partial charge in [0.15, 0.2) is 11.6 Å². The molecule has 10 heteroatoms. The van der Waals surface area contributed by atoms with Crippen LogP contribution < -0.4 is 5.32 Å². The average molecular weight is 374 g/mol. The molecule has 0 unspecified atom stereocenters. The molecule has 4 rings (SSSR count). The molecule has 4 aromatic heterocycles. The third-order valence-corrected chi connectivity index (χ3v) is 3.74. The second-order valence-electron chi connectivity index (χ2n) is 5.53. The zero-order valence-corrected chi connectivity index (χ0v) is 13.4. The Bertz CT molecular complexity index is 1100. The maximum absolute atomic E-state index is 13.9. The first-order chi connectivity index (χ1) is 12.9. The number of nitrogens with one attached hydrogen (secondary N) is 1. The zero-order chi connectivity index (χ0) is 19.0. The summed E-state index contributed by atoms with van der Waals surface area (Å²) >= 11 is 0. The molecule has 0 spiro atoms. The van der Waals surface area contributed by atoms with Crippen LogP contribution in [0.25, 0.3) is 17.0 Å². The Hall–Kier alpha value is -3.56. The van der Waals surface area contributed by atoms with E-state index in [0.29, 0.717) is 11.7 Å². The van der Waals surface area contributed by atoms with Crippen molar-refractivity contribution in [3.05, 3.63) is 66.5 Å². The van der Waals surface area contributed by atoms with E-state index in [2.05, 4.69) is 25.4 Å². The second-order valence-corrected chi connectivity index (χ2v) is 5.53. The lowest BCUT2D eigenvalue weighted by molar-refractivity contribution is -0.137. The minimum Gasteiger partial charge on any atom is -0.336 e. The number of aromatic nitrogens is 5. The normalized spacial score (nSPS) is 11.7. The van der Waals surface area contributed by atoms with E-state index in [1.165, 1.54) is 22.8 Å². The van der Waals surface area contributed by atoms with Crippen LogP contribution >= 0.6 is 0 Å². The van der Waals surface area contributed by atoms with Crippen LogP contribution in [0, 0.1) is 5.82 Å². The molecule has 0 bridgehead atoms. The zero-order valence-electron chi connectivity index (χ0n) is 13.4. The van der Waals surface area contributed by atoms with Gasteiger partial charge < -0.3 is 5.32 Å². The summed E-state index contributed by atoms with van der Waals surface area (Å²) in [6.45, 7) is 0. The molecule has 27 heavy (non-hydrogen) atoms. The number of hydrogen-bond acceptors (Lipinski definition) is 5. The summed E-state index contributed by atoms with van der Waals surface area (Å²) in [7, 11) is 0. The van der Waals surface area contributed by atoms with Crippen LogP contribution in [0.15, 0.2) is 55.1 Å². The van der Waals surface area contributed by atoms with E-state index >= 15 is 0 Å². The van der Waals surface area contributed by atoms with Crippen LogP contribution in [0.4, 0.5) is 29.1 Å². The van der Waals surface area contributed by atoms with Crippen molar-refractivity contribution < 1.29 is 17.6 Å². The molecule has 0 fully saturated rings. The van der Waals surface area contributed by atoms with Gasteiger partial charge in [0.25, 0.3) is 0 Å². The number of nitrogens with zero attached hydrogens (tertiary/aromatic N) is 5. The quantitative estimate of drug-likeness (QED) is 0.547. The van der Waals surface area contributed by atoms with Gasteiger partial charge >= 0.3 is 6.18 Å². The van der Waals surface area contributed by atoms with E-state index in [0.717, 1.165) is 12.3 Å². The highest BCUT2D eigenvalue weighted by atomic mass is 19.4. The predicted octanol–water partition coefficient (Wildman–Crippen LogP) is 4.09. The van der Waals surface area contributed by atoms with Crippen molar-refractivity contribution in [2.45, 2.75) is 6.18 Å². The highest BCUT2D eigenvalue weighted by molar-refractivity contribution is 5.74. The van der Waals surface area contributed by atoms with Gasteiger partial charge in [0.1, 0.15) is 11.2 Å². The molecule has 1 N–H and O–H groups in total. The Kier molecular flexibility index (Phi) is 3.94. The lowest BCUT2D eigenvalue weighted by Gasteiger charge is -2.10. The minimum atomic E-state index is -4.48. The molecule has 6 nitrogen and oxygen atoms in total. The number of pyridine rings is 2. The van der Waals surface area contributed by atoms with E-state index in [4.69, 9.17) is 0 Å². The van der Waals surface area contributed by atoms with E-state index in [1.54, 1.807) is 18.3 Å². The molecule has 136 valence electrons. The van der Waals surface area contributed by atoms with Crippen molar-refractivity contribution in [1.82, 2.24) is 24.6 Å². The first kappa shape index (κ1) is 16.9. The van der Waals surface area contributed by atoms with Crippen molar-refractivity contribution >= 4 is 17.0 Å². The summed E-state index contributed by atoms with van der Waals surface area (Å²) in [5.74, 6) is -0.212. The lowest BCUT2D eigenvalue weighted by atomic mass is 10.2. The Labute approximate surface area is 149 Å². The van der Waals surface area contributed by atoms with Gasteiger partial charge in [0.05, 0.1) is 17.4 Å². The lowest BCUT2D eigenvalue weighted by Crippen LogP contribution is -2.07. The maximum Gasteiger partial charge on any atom is 0.417 e. The number of halogens is 4. The molecule has 0 saturated heterocycles. The standard InChI is InChI=1S/C17H10F4N6/c18-11-9-22-6-5-12(11)24-16-14-2-1-7-27(14)26-15(25-16)13-4-3-10(8-23-13)17(19,20)21/h1-9H,(H,22,24,25,26). The minimum absolute atomic E-state index is 0.0874. The van der Waals surface area contributed by atoms with Crippen LogP contribution in [0.5, 0.6) is 0 Å². The molecule has 0 radical (unpaired) electrons. The SMILES string of the molecule is Fc1cnccc1Nc1nc(-c2ccc(C(F)(F)F)cn2)nn2cccc12. The third kappa shape index (κ3) is 3.28. The Morgan fingerprint density at radius 1 is 1.04 bits per heavy atom. The van der Waals surface area contributed by atoms with Crippen LogP contribution in [0.1, 0.15) is 5.56 Å². The van der Waals surface area contributed by atoms with E-state index in [9.17, 15) is 17.6 Å². The summed E-state index contributed by atoms with van der Waals surface area (Å²) in [6.07, 6.45) is 0.340. The third-order valence-electron chi connectivity index (χ3n) is 3.74. The molecule has 0 amide bonds. The smallest absolute Gasteiger partial charge is 0.336 e. The van der Waals surface area contributed by atoms with Crippen molar-refractivity contribution in [3.63, 3.8) is 0 Å². The average Bonchev–Trinajstić information content (AvgIpc) is 3.12. The Balaban J connectivity index is 1.78. The molecule has 0 aromatic carbocycles. The van der Waals surface area contributed by atoms with Crippen LogP contribution in [0.3, 0.4) is 0 Å². The summed E-state index contributed by atoms with van der Waals surface area (Å²) in [6, 6.07) is 6.95. The number of fused-ring (bicyclic) bond motifs is 1. The molecule has 0 aliphatic carbocycles. The monoisotopic (exact) mass is 374 g/mol. The molecule has 0 aliphatic heterocycles. The fraction of sp³-hybridized carbons (Fsp3) is 0.0588. The molecule has 4 heterocycles. The Morgan fingerprint density at radius 2 is 1.89 bits per heavy atom. The first-order valence-corrected chi connectivity index (χ1v) is 7.67. The maximum atomic E-state index is 13.9. The van der Waals surface area contributed by atoms with Gasteiger partial charge in [0, 0.05) is 18.6 Å². The molecule has 4 aromatic rings. The van der Waals surface area contributed by atoms with E-state index in [-0.39, 0.29) is 23.0 Å². The predicted molar refractivity (Wildman–Crippen MR) is 88.7 cm³/mol. The molecule has 0 aliphatic rings. The summed E-state index contributed by atoms with van der Waals surface area (Å²) in [4.78, 5) is 11.8. The van der Waals surface area contributed by atoms with Crippen LogP contribution in [0.2, 0.25) is 0 Å². The van der Waals surface area contributed by atoms with E-state index in [1.807, 2.05) is 0 Å². The van der Waals surface area contributed by atoms with Crippen molar-refractivity contribution in [2.75, 3.05) is 5.32 Å². The van der Waals surface area contributed by atoms with Crippen molar-refractivity contribution in [2.24, 2.45) is 0 Å². The molecule has 0 atom stereocenters. The van der Waals surface area contributed by atoms with Gasteiger partial charge in [-0.15, -0.1) is 5.10 Å². The van der Waals surface area contributed by atoms with Gasteiger partial charge in [0.2, 0.25) is 5.82 Å². The first-order valence-electron chi connectivity index (χ1n) is 7.67. The fourth-order valence-electron chi connectivity index (χ4n) is 2.43. The number of anilines is 2. The van der Waals surface area contributed by atoms with Crippen LogP contribution in [-0.2, 0) is 6.18 Å². The number of hydrogen-bond donors (Lipinski definition) is 1. The van der Waals surface area contributed by atoms with Gasteiger partial charge in [-0.1, -0.05) is 0 Å². The summed E-state index contributed by atoms with van der Waals surface area (Å²) in [5, 5.41) is 7.09. The number of rotatable bonds is 3. The highest BCUT2D eigenvalue weighted by Crippen LogP contribution is 2.30. The van der Waals surface area contributed by atoms with Gasteiger partial charge in [-0.2, -0.15) is 13.2 Å². The fourth-order valence-corrected chi connectivity index (χ4v) is 2.43. The van der Waals surface area contributed by atoms with Gasteiger partial charge in [-0.3, -0.25) is 9.97 Å². The second kappa shape index (κ2) is 6.31. The molecular formula is C17H10F4N6. The van der Waals surface area contributed by atoms with E-state index < -0.39 is 17.6 Å². The van der Waals surface area contributed by atoms with Crippen molar-refractivity contribution in [1.29, 1.82) is 0 Å². The summed E-state index contributed by atoms with van der Waals surface area (Å²) < 4.78 is 53.5. The number of alkyl halides is 3. The summed E-state index contributed by atoms with van der Waals surface area (Å²) in [5.41, 5.74) is -0.0117. The van der Waals surface area contributed by atoms with Crippen LogP contribution in [-0.4, -0.2) is 24.6 Å². The topological polar surface area (TPSA) is 68.0 Å². The van der Waals surface area contributed by atoms with Crippen molar-refractivity contribution in [3.8, 4) is 11.5 Å². The largest absolute Gasteiger partial charge is 0.417 e. The van der Waals surface area contributed by atoms with Gasteiger partial charge in [-0.05, 0) is 30.3 Å². The molecule has 0 saturated carbocycles. The highest BCUT2D eigenvalue weighted by Gasteiger charge is 2.30. The van der Waals surface area contributed by atoms with Gasteiger partial charge in [-0.25, -0.2) is 13.9 Å².